The van der Waals surface area contributed by atoms with E-state index in [9.17, 15) is 4.79 Å². The van der Waals surface area contributed by atoms with Crippen molar-refractivity contribution >= 4 is 11.6 Å². The van der Waals surface area contributed by atoms with Crippen LogP contribution in [0.5, 0.6) is 11.5 Å². The second kappa shape index (κ2) is 7.24. The lowest BCUT2D eigenvalue weighted by molar-refractivity contribution is -0.121. The molecule has 0 saturated heterocycles. The van der Waals surface area contributed by atoms with Crippen LogP contribution in [0.1, 0.15) is 31.2 Å². The molecular formula is C22H22N4O3. The predicted molar refractivity (Wildman–Crippen MR) is 108 cm³/mol. The molecule has 2 aliphatic rings. The second-order valence-electron chi connectivity index (χ2n) is 7.46. The number of fused-ring (bicyclic) bond motifs is 1. The van der Waals surface area contributed by atoms with Crippen LogP contribution in [0.15, 0.2) is 55.0 Å². The van der Waals surface area contributed by atoms with Crippen LogP contribution < -0.4 is 14.8 Å². The summed E-state index contributed by atoms with van der Waals surface area (Å²) in [6.07, 6.45) is 8.89. The van der Waals surface area contributed by atoms with E-state index in [1.54, 1.807) is 17.1 Å². The molecule has 1 aliphatic carbocycles. The highest BCUT2D eigenvalue weighted by Crippen LogP contribution is 2.45. The van der Waals surface area contributed by atoms with Crippen molar-refractivity contribution in [1.29, 1.82) is 0 Å². The lowest BCUT2D eigenvalue weighted by Gasteiger charge is -2.30. The average Bonchev–Trinajstić information content (AvgIpc) is 3.47. The smallest absolute Gasteiger partial charge is 0.235 e. The number of nitrogens with one attached hydrogen (secondary N) is 1. The molecule has 1 fully saturated rings. The Balaban J connectivity index is 1.40. The molecule has 3 aromatic rings. The molecule has 2 aromatic heterocycles. The van der Waals surface area contributed by atoms with Crippen molar-refractivity contribution in [2.24, 2.45) is 0 Å². The summed E-state index contributed by atoms with van der Waals surface area (Å²) in [5.74, 6) is 2.17. The van der Waals surface area contributed by atoms with Gasteiger partial charge in [0, 0.05) is 12.4 Å². The van der Waals surface area contributed by atoms with Gasteiger partial charge in [-0.05, 0) is 48.7 Å². The zero-order chi connectivity index (χ0) is 19.7. The van der Waals surface area contributed by atoms with E-state index in [0.717, 1.165) is 42.7 Å². The third-order valence-electron chi connectivity index (χ3n) is 5.73. The molecule has 7 heteroatoms. The number of hydrogen-bond donors (Lipinski definition) is 1. The van der Waals surface area contributed by atoms with Gasteiger partial charge in [0.15, 0.2) is 17.3 Å². The Morgan fingerprint density at radius 1 is 1.07 bits per heavy atom. The standard InChI is InChI=1S/C22H22N4O3/c27-21(25-17-5-7-20(23-15-17)26-11-3-10-24-26)22(8-1-2-9-22)16-4-6-18-19(14-16)29-13-12-28-18/h3-7,10-11,14-15H,1-2,8-9,12-13H2,(H,25,27). The number of hydrogen-bond acceptors (Lipinski definition) is 5. The number of rotatable bonds is 4. The van der Waals surface area contributed by atoms with E-state index in [4.69, 9.17) is 9.47 Å². The summed E-state index contributed by atoms with van der Waals surface area (Å²) in [7, 11) is 0. The Kier molecular flexibility index (Phi) is 4.42. The molecule has 1 amide bonds. The van der Waals surface area contributed by atoms with Crippen molar-refractivity contribution < 1.29 is 14.3 Å². The van der Waals surface area contributed by atoms with Gasteiger partial charge in [0.05, 0.1) is 17.3 Å². The number of anilines is 1. The van der Waals surface area contributed by atoms with Crippen LogP contribution in [0.25, 0.3) is 5.82 Å². The minimum atomic E-state index is -0.559. The summed E-state index contributed by atoms with van der Waals surface area (Å²) in [6.45, 7) is 1.09. The average molecular weight is 390 g/mol. The highest BCUT2D eigenvalue weighted by molar-refractivity contribution is 5.99. The van der Waals surface area contributed by atoms with Crippen LogP contribution in [-0.4, -0.2) is 33.9 Å². The number of carbonyl (C=O) groups is 1. The van der Waals surface area contributed by atoms with Gasteiger partial charge in [-0.1, -0.05) is 18.9 Å². The van der Waals surface area contributed by atoms with Gasteiger partial charge in [0.1, 0.15) is 13.2 Å². The van der Waals surface area contributed by atoms with Crippen molar-refractivity contribution in [2.75, 3.05) is 18.5 Å². The largest absolute Gasteiger partial charge is 0.486 e. The lowest BCUT2D eigenvalue weighted by atomic mass is 9.77. The molecule has 0 spiro atoms. The van der Waals surface area contributed by atoms with E-state index >= 15 is 0 Å². The van der Waals surface area contributed by atoms with Gasteiger partial charge in [-0.25, -0.2) is 9.67 Å². The Morgan fingerprint density at radius 3 is 2.62 bits per heavy atom. The van der Waals surface area contributed by atoms with E-state index in [-0.39, 0.29) is 5.91 Å². The van der Waals surface area contributed by atoms with Crippen LogP contribution in [0.4, 0.5) is 5.69 Å². The predicted octanol–water partition coefficient (Wildman–Crippen LogP) is 3.49. The fourth-order valence-corrected chi connectivity index (χ4v) is 4.22. The van der Waals surface area contributed by atoms with Crippen molar-refractivity contribution in [3.8, 4) is 17.3 Å². The Hall–Kier alpha value is -3.35. The molecule has 0 bridgehead atoms. The van der Waals surface area contributed by atoms with E-state index < -0.39 is 5.41 Å². The van der Waals surface area contributed by atoms with Crippen LogP contribution >= 0.6 is 0 Å². The minimum absolute atomic E-state index is 0.000293. The Morgan fingerprint density at radius 2 is 1.90 bits per heavy atom. The van der Waals surface area contributed by atoms with E-state index in [1.807, 2.05) is 42.6 Å². The van der Waals surface area contributed by atoms with E-state index in [2.05, 4.69) is 15.4 Å². The SMILES string of the molecule is O=C(Nc1ccc(-n2cccn2)nc1)C1(c2ccc3c(c2)OCCO3)CCCC1. The zero-order valence-corrected chi connectivity index (χ0v) is 16.0. The molecule has 148 valence electrons. The Bertz CT molecular complexity index is 1010. The summed E-state index contributed by atoms with van der Waals surface area (Å²) in [6, 6.07) is 11.4. The topological polar surface area (TPSA) is 78.3 Å². The molecule has 0 unspecified atom stereocenters. The molecule has 1 aromatic carbocycles. The fraction of sp³-hybridized carbons (Fsp3) is 0.318. The van der Waals surface area contributed by atoms with Gasteiger partial charge in [0.2, 0.25) is 5.91 Å². The van der Waals surface area contributed by atoms with Gasteiger partial charge in [-0.3, -0.25) is 4.79 Å². The maximum Gasteiger partial charge on any atom is 0.235 e. The third-order valence-corrected chi connectivity index (χ3v) is 5.73. The first-order valence-electron chi connectivity index (χ1n) is 9.92. The maximum atomic E-state index is 13.4. The van der Waals surface area contributed by atoms with Crippen LogP contribution in [0.3, 0.4) is 0 Å². The summed E-state index contributed by atoms with van der Waals surface area (Å²) in [5, 5.41) is 7.24. The van der Waals surface area contributed by atoms with Crippen LogP contribution in [0.2, 0.25) is 0 Å². The lowest BCUT2D eigenvalue weighted by Crippen LogP contribution is -2.38. The minimum Gasteiger partial charge on any atom is -0.486 e. The first-order valence-corrected chi connectivity index (χ1v) is 9.92. The van der Waals surface area contributed by atoms with Gasteiger partial charge < -0.3 is 14.8 Å². The number of ether oxygens (including phenoxy) is 2. The summed E-state index contributed by atoms with van der Waals surface area (Å²) >= 11 is 0. The normalized spacial score (nSPS) is 17.1. The second-order valence-corrected chi connectivity index (χ2v) is 7.46. The first kappa shape index (κ1) is 17.7. The number of carbonyl (C=O) groups excluding carboxylic acids is 1. The van der Waals surface area contributed by atoms with Gasteiger partial charge in [0.25, 0.3) is 0 Å². The maximum absolute atomic E-state index is 13.4. The Labute approximate surface area is 168 Å². The van der Waals surface area contributed by atoms with Crippen LogP contribution in [0, 0.1) is 0 Å². The number of pyridine rings is 1. The number of amides is 1. The summed E-state index contributed by atoms with van der Waals surface area (Å²) < 4.78 is 13.1. The number of benzene rings is 1. The van der Waals surface area contributed by atoms with Gasteiger partial charge in [-0.2, -0.15) is 5.10 Å². The van der Waals surface area contributed by atoms with Gasteiger partial charge in [-0.15, -0.1) is 0 Å². The molecule has 7 nitrogen and oxygen atoms in total. The highest BCUT2D eigenvalue weighted by atomic mass is 16.6. The van der Waals surface area contributed by atoms with Crippen molar-refractivity contribution in [3.63, 3.8) is 0 Å². The van der Waals surface area contributed by atoms with E-state index in [1.165, 1.54) is 0 Å². The third kappa shape index (κ3) is 3.22. The quantitative estimate of drug-likeness (QED) is 0.738. The molecule has 1 saturated carbocycles. The molecule has 5 rings (SSSR count). The monoisotopic (exact) mass is 390 g/mol. The van der Waals surface area contributed by atoms with Crippen molar-refractivity contribution in [2.45, 2.75) is 31.1 Å². The van der Waals surface area contributed by atoms with E-state index in [0.29, 0.717) is 24.7 Å². The number of aromatic nitrogens is 3. The first-order chi connectivity index (χ1) is 14.2. The number of nitrogens with zero attached hydrogens (tertiary/aromatic N) is 3. The van der Waals surface area contributed by atoms with Gasteiger partial charge >= 0.3 is 0 Å². The summed E-state index contributed by atoms with van der Waals surface area (Å²) in [5.41, 5.74) is 1.10. The molecule has 0 radical (unpaired) electrons. The molecular weight excluding hydrogens is 368 g/mol. The molecule has 1 aliphatic heterocycles. The fourth-order valence-electron chi connectivity index (χ4n) is 4.22. The summed E-state index contributed by atoms with van der Waals surface area (Å²) in [4.78, 5) is 17.8. The molecule has 0 atom stereocenters. The van der Waals surface area contributed by atoms with Crippen LogP contribution in [-0.2, 0) is 10.2 Å². The molecule has 29 heavy (non-hydrogen) atoms. The molecule has 1 N–H and O–H groups in total. The van der Waals surface area contributed by atoms with Crippen molar-refractivity contribution in [1.82, 2.24) is 14.8 Å². The zero-order valence-electron chi connectivity index (χ0n) is 16.0. The van der Waals surface area contributed by atoms with Crippen molar-refractivity contribution in [3.05, 3.63) is 60.6 Å². The molecule has 3 heterocycles. The highest BCUT2D eigenvalue weighted by Gasteiger charge is 2.43.